The van der Waals surface area contributed by atoms with Crippen LogP contribution in [0.1, 0.15) is 43.7 Å². The molecule has 2 heterocycles. The van der Waals surface area contributed by atoms with Crippen LogP contribution < -0.4 is 5.32 Å². The van der Waals surface area contributed by atoms with Gasteiger partial charge in [0.25, 0.3) is 0 Å². The number of nitrogens with zero attached hydrogens (tertiary/aromatic N) is 2. The molecule has 1 spiro atoms. The van der Waals surface area contributed by atoms with Crippen molar-refractivity contribution in [3.63, 3.8) is 0 Å². The summed E-state index contributed by atoms with van der Waals surface area (Å²) in [6.07, 6.45) is 6.88. The van der Waals surface area contributed by atoms with E-state index in [-0.39, 0.29) is 29.5 Å². The predicted octanol–water partition coefficient (Wildman–Crippen LogP) is 3.03. The molecule has 6 heteroatoms. The molecule has 1 unspecified atom stereocenters. The summed E-state index contributed by atoms with van der Waals surface area (Å²) in [6.45, 7) is 0. The minimum absolute atomic E-state index is 0.0248. The quantitative estimate of drug-likeness (QED) is 0.774. The lowest BCUT2D eigenvalue weighted by atomic mass is 9.51. The van der Waals surface area contributed by atoms with Gasteiger partial charge in [0.15, 0.2) is 0 Å². The van der Waals surface area contributed by atoms with Crippen LogP contribution in [0.4, 0.5) is 4.79 Å². The summed E-state index contributed by atoms with van der Waals surface area (Å²) in [5, 5.41) is 22.6. The van der Waals surface area contributed by atoms with Crippen LogP contribution in [-0.2, 0) is 0 Å². The molecular weight excluding hydrogens is 330 g/mol. The lowest BCUT2D eigenvalue weighted by Gasteiger charge is -2.57. The van der Waals surface area contributed by atoms with E-state index in [1.807, 2.05) is 18.6 Å². The van der Waals surface area contributed by atoms with E-state index in [1.54, 1.807) is 0 Å². The van der Waals surface area contributed by atoms with Gasteiger partial charge in [-0.1, -0.05) is 24.3 Å². The van der Waals surface area contributed by atoms with Crippen LogP contribution in [0.5, 0.6) is 0 Å². The van der Waals surface area contributed by atoms with Crippen LogP contribution in [0, 0.1) is 11.3 Å². The third-order valence-electron chi connectivity index (χ3n) is 6.91. The van der Waals surface area contributed by atoms with Gasteiger partial charge in [-0.2, -0.15) is 0 Å². The summed E-state index contributed by atoms with van der Waals surface area (Å²) in [5.74, 6) is 0.190. The van der Waals surface area contributed by atoms with Gasteiger partial charge in [0, 0.05) is 17.5 Å². The first-order valence-electron chi connectivity index (χ1n) is 9.38. The Hall–Kier alpha value is -2.34. The van der Waals surface area contributed by atoms with Gasteiger partial charge in [-0.05, 0) is 43.1 Å². The van der Waals surface area contributed by atoms with Crippen molar-refractivity contribution >= 4 is 6.09 Å². The number of aliphatic hydroxyl groups is 1. The number of carboxylic acid groups (broad SMARTS) is 1. The predicted molar refractivity (Wildman–Crippen MR) is 95.8 cm³/mol. The summed E-state index contributed by atoms with van der Waals surface area (Å²) in [5.41, 5.74) is 3.59. The highest BCUT2D eigenvalue weighted by Crippen LogP contribution is 2.60. The van der Waals surface area contributed by atoms with Crippen LogP contribution >= 0.6 is 0 Å². The van der Waals surface area contributed by atoms with Crippen LogP contribution in [0.25, 0.3) is 11.3 Å². The lowest BCUT2D eigenvalue weighted by molar-refractivity contribution is -0.152. The molecule has 2 aromatic rings. The van der Waals surface area contributed by atoms with Crippen LogP contribution in [0.15, 0.2) is 36.8 Å². The first kappa shape index (κ1) is 15.9. The van der Waals surface area contributed by atoms with Crippen molar-refractivity contribution in [1.82, 2.24) is 14.9 Å². The van der Waals surface area contributed by atoms with Crippen molar-refractivity contribution < 1.29 is 15.0 Å². The van der Waals surface area contributed by atoms with Gasteiger partial charge in [-0.25, -0.2) is 9.78 Å². The fourth-order valence-corrected chi connectivity index (χ4v) is 5.60. The van der Waals surface area contributed by atoms with Gasteiger partial charge < -0.3 is 20.1 Å². The Morgan fingerprint density at radius 3 is 2.77 bits per heavy atom. The number of hydrogen-bond acceptors (Lipinski definition) is 3. The van der Waals surface area contributed by atoms with Gasteiger partial charge in [-0.15, -0.1) is 0 Å². The van der Waals surface area contributed by atoms with E-state index >= 15 is 0 Å². The van der Waals surface area contributed by atoms with E-state index in [0.717, 1.165) is 37.8 Å². The molecule has 5 rings (SSSR count). The van der Waals surface area contributed by atoms with Crippen LogP contribution in [0.3, 0.4) is 0 Å². The van der Waals surface area contributed by atoms with Crippen LogP contribution in [-0.4, -0.2) is 38.0 Å². The average molecular weight is 353 g/mol. The zero-order valence-electron chi connectivity index (χ0n) is 14.5. The minimum Gasteiger partial charge on any atom is -0.465 e. The summed E-state index contributed by atoms with van der Waals surface area (Å²) in [4.78, 5) is 15.2. The number of imidazole rings is 1. The average Bonchev–Trinajstić information content (AvgIpc) is 3.22. The highest BCUT2D eigenvalue weighted by molar-refractivity contribution is 5.69. The molecule has 1 amide bonds. The molecule has 2 saturated carbocycles. The first-order valence-corrected chi connectivity index (χ1v) is 9.38. The minimum atomic E-state index is -0.951. The molecule has 1 aliphatic heterocycles. The van der Waals surface area contributed by atoms with E-state index in [1.165, 1.54) is 11.1 Å². The van der Waals surface area contributed by atoms with Gasteiger partial charge in [0.05, 0.1) is 30.4 Å². The third-order valence-corrected chi connectivity index (χ3v) is 6.91. The number of aliphatic hydroxyl groups excluding tert-OH is 1. The summed E-state index contributed by atoms with van der Waals surface area (Å²) >= 11 is 0. The monoisotopic (exact) mass is 353 g/mol. The summed E-state index contributed by atoms with van der Waals surface area (Å²) < 4.78 is 2.21. The number of hydrogen-bond donors (Lipinski definition) is 3. The Labute approximate surface area is 151 Å². The smallest absolute Gasteiger partial charge is 0.404 e. The maximum atomic E-state index is 11.1. The SMILES string of the molecule is O=C(O)NC1CCC2(CC1)C[C@@H](C1c3ccccc3-c3cncn31)[C@@H]2O. The van der Waals surface area contributed by atoms with Crippen molar-refractivity contribution in [2.45, 2.75) is 50.3 Å². The van der Waals surface area contributed by atoms with E-state index in [2.05, 4.69) is 33.1 Å². The molecular formula is C20H23N3O3. The van der Waals surface area contributed by atoms with Crippen LogP contribution in [0.2, 0.25) is 0 Å². The first-order chi connectivity index (χ1) is 12.6. The van der Waals surface area contributed by atoms with Crippen molar-refractivity contribution in [3.05, 3.63) is 42.4 Å². The van der Waals surface area contributed by atoms with Crippen molar-refractivity contribution in [3.8, 4) is 11.3 Å². The van der Waals surface area contributed by atoms with Gasteiger partial charge in [-0.3, -0.25) is 0 Å². The van der Waals surface area contributed by atoms with Gasteiger partial charge >= 0.3 is 6.09 Å². The molecule has 6 nitrogen and oxygen atoms in total. The fraction of sp³-hybridized carbons (Fsp3) is 0.500. The van der Waals surface area contributed by atoms with Crippen molar-refractivity contribution in [2.75, 3.05) is 0 Å². The Kier molecular flexibility index (Phi) is 3.41. The topological polar surface area (TPSA) is 87.4 Å². The standard InChI is InChI=1S/C20H23N3O3/c24-18-15(9-20(18)7-5-12(6-8-20)22-19(25)26)17-14-4-2-1-3-13(14)16-10-21-11-23(16)17/h1-4,10-12,15,17-18,22,24H,5-9H2,(H,25,26)/t12?,15-,17?,18-,20?/m0/s1. The Balaban J connectivity index is 1.36. The largest absolute Gasteiger partial charge is 0.465 e. The fourth-order valence-electron chi connectivity index (χ4n) is 5.60. The third kappa shape index (κ3) is 2.14. The van der Waals surface area contributed by atoms with Crippen molar-refractivity contribution in [2.24, 2.45) is 11.3 Å². The highest BCUT2D eigenvalue weighted by atomic mass is 16.4. The maximum Gasteiger partial charge on any atom is 0.404 e. The molecule has 3 aliphatic rings. The number of benzene rings is 1. The number of carbonyl (C=O) groups is 1. The van der Waals surface area contributed by atoms with E-state index < -0.39 is 6.09 Å². The number of nitrogens with one attached hydrogen (secondary N) is 1. The molecule has 0 bridgehead atoms. The second-order valence-corrected chi connectivity index (χ2v) is 8.12. The highest BCUT2D eigenvalue weighted by Gasteiger charge is 2.57. The summed E-state index contributed by atoms with van der Waals surface area (Å²) in [7, 11) is 0. The lowest BCUT2D eigenvalue weighted by Crippen LogP contribution is -2.57. The zero-order valence-corrected chi connectivity index (χ0v) is 14.5. The Morgan fingerprint density at radius 1 is 1.27 bits per heavy atom. The summed E-state index contributed by atoms with van der Waals surface area (Å²) in [6, 6.07) is 8.59. The van der Waals surface area contributed by atoms with Gasteiger partial charge in [0.1, 0.15) is 0 Å². The number of amides is 1. The molecule has 0 radical (unpaired) electrons. The van der Waals surface area contributed by atoms with E-state index in [4.69, 9.17) is 5.11 Å². The second kappa shape index (κ2) is 5.58. The maximum absolute atomic E-state index is 11.1. The molecule has 136 valence electrons. The van der Waals surface area contributed by atoms with Crippen molar-refractivity contribution in [1.29, 1.82) is 0 Å². The molecule has 2 fully saturated rings. The van der Waals surface area contributed by atoms with Gasteiger partial charge in [0.2, 0.25) is 0 Å². The van der Waals surface area contributed by atoms with E-state index in [9.17, 15) is 9.90 Å². The Morgan fingerprint density at radius 2 is 2.04 bits per heavy atom. The molecule has 26 heavy (non-hydrogen) atoms. The zero-order chi connectivity index (χ0) is 17.9. The normalized spacial score (nSPS) is 34.8. The number of aromatic nitrogens is 2. The number of rotatable bonds is 2. The molecule has 2 aliphatic carbocycles. The number of fused-ring (bicyclic) bond motifs is 3. The molecule has 1 aromatic heterocycles. The van der Waals surface area contributed by atoms with E-state index in [0.29, 0.717) is 0 Å². The Bertz CT molecular complexity index is 853. The molecule has 3 atom stereocenters. The molecule has 1 aromatic carbocycles. The molecule has 3 N–H and O–H groups in total. The molecule has 0 saturated heterocycles. The second-order valence-electron chi connectivity index (χ2n) is 8.12.